The monoisotopic (exact) mass is 256 g/mol. The first-order chi connectivity index (χ1) is 8.20. The van der Waals surface area contributed by atoms with Crippen LogP contribution in [0.4, 0.5) is 10.1 Å². The Hall–Kier alpha value is -0.800. The molecule has 1 saturated heterocycles. The Balaban J connectivity index is 2.00. The first-order valence-electron chi connectivity index (χ1n) is 6.14. The van der Waals surface area contributed by atoms with Crippen molar-refractivity contribution in [2.75, 3.05) is 24.5 Å². The van der Waals surface area contributed by atoms with E-state index in [0.29, 0.717) is 16.8 Å². The molecule has 0 atom stereocenters. The van der Waals surface area contributed by atoms with Crippen LogP contribution in [0.1, 0.15) is 19.8 Å². The lowest BCUT2D eigenvalue weighted by Gasteiger charge is -2.34. The first-order valence-corrected chi connectivity index (χ1v) is 6.52. The van der Waals surface area contributed by atoms with Crippen molar-refractivity contribution in [1.29, 1.82) is 0 Å². The molecule has 1 aromatic carbocycles. The van der Waals surface area contributed by atoms with E-state index in [1.165, 1.54) is 6.07 Å². The standard InChI is InChI=1S/C13H18ClFN2/c1-2-16-11-5-7-17(8-6-11)13-4-3-10(14)9-12(13)15/h3-4,9,11,16H,2,5-8H2,1H3. The molecule has 0 saturated carbocycles. The van der Waals surface area contributed by atoms with Gasteiger partial charge in [-0.15, -0.1) is 0 Å². The second kappa shape index (κ2) is 5.69. The fourth-order valence-electron chi connectivity index (χ4n) is 2.35. The Kier molecular flexibility index (Phi) is 4.24. The molecule has 0 unspecified atom stereocenters. The van der Waals surface area contributed by atoms with Crippen LogP contribution in [0.5, 0.6) is 0 Å². The molecule has 1 aliphatic heterocycles. The first kappa shape index (κ1) is 12.7. The Morgan fingerprint density at radius 3 is 2.71 bits per heavy atom. The molecule has 1 fully saturated rings. The van der Waals surface area contributed by atoms with E-state index >= 15 is 0 Å². The number of halogens is 2. The number of nitrogens with one attached hydrogen (secondary N) is 1. The predicted molar refractivity (Wildman–Crippen MR) is 70.3 cm³/mol. The molecule has 1 aromatic rings. The molecule has 0 spiro atoms. The number of nitrogens with zero attached hydrogens (tertiary/aromatic N) is 1. The summed E-state index contributed by atoms with van der Waals surface area (Å²) in [5.74, 6) is -0.223. The molecule has 1 N–H and O–H groups in total. The number of piperidine rings is 1. The van der Waals surface area contributed by atoms with Gasteiger partial charge < -0.3 is 10.2 Å². The van der Waals surface area contributed by atoms with Gasteiger partial charge in [0.2, 0.25) is 0 Å². The number of anilines is 1. The van der Waals surface area contributed by atoms with Gasteiger partial charge in [-0.25, -0.2) is 4.39 Å². The zero-order valence-electron chi connectivity index (χ0n) is 10.0. The quantitative estimate of drug-likeness (QED) is 0.894. The van der Waals surface area contributed by atoms with Crippen molar-refractivity contribution in [2.45, 2.75) is 25.8 Å². The smallest absolute Gasteiger partial charge is 0.147 e. The van der Waals surface area contributed by atoms with Gasteiger partial charge in [-0.2, -0.15) is 0 Å². The highest BCUT2D eigenvalue weighted by molar-refractivity contribution is 6.30. The highest BCUT2D eigenvalue weighted by Gasteiger charge is 2.20. The Bertz CT molecular complexity index is 376. The summed E-state index contributed by atoms with van der Waals surface area (Å²) < 4.78 is 13.7. The lowest BCUT2D eigenvalue weighted by Crippen LogP contribution is -2.42. The van der Waals surface area contributed by atoms with Crippen LogP contribution >= 0.6 is 11.6 Å². The second-order valence-corrected chi connectivity index (χ2v) is 4.85. The number of hydrogen-bond donors (Lipinski definition) is 1. The van der Waals surface area contributed by atoms with Crippen molar-refractivity contribution < 1.29 is 4.39 Å². The molecule has 0 radical (unpaired) electrons. The van der Waals surface area contributed by atoms with E-state index in [4.69, 9.17) is 11.6 Å². The summed E-state index contributed by atoms with van der Waals surface area (Å²) in [7, 11) is 0. The summed E-state index contributed by atoms with van der Waals surface area (Å²) in [4.78, 5) is 2.10. The van der Waals surface area contributed by atoms with Crippen LogP contribution in [-0.2, 0) is 0 Å². The van der Waals surface area contributed by atoms with Gasteiger partial charge in [-0.05, 0) is 37.6 Å². The molecule has 4 heteroatoms. The molecule has 0 amide bonds. The predicted octanol–water partition coefficient (Wildman–Crippen LogP) is 3.06. The molecule has 2 nitrogen and oxygen atoms in total. The topological polar surface area (TPSA) is 15.3 Å². The van der Waals surface area contributed by atoms with Gasteiger partial charge in [0, 0.05) is 24.2 Å². The van der Waals surface area contributed by atoms with Crippen LogP contribution in [-0.4, -0.2) is 25.7 Å². The van der Waals surface area contributed by atoms with Crippen LogP contribution in [0.15, 0.2) is 18.2 Å². The molecule has 2 rings (SSSR count). The van der Waals surface area contributed by atoms with E-state index in [-0.39, 0.29) is 5.82 Å². The minimum atomic E-state index is -0.223. The highest BCUT2D eigenvalue weighted by atomic mass is 35.5. The van der Waals surface area contributed by atoms with Gasteiger partial charge in [0.1, 0.15) is 5.82 Å². The maximum atomic E-state index is 13.7. The third kappa shape index (κ3) is 3.11. The van der Waals surface area contributed by atoms with Crippen LogP contribution in [0, 0.1) is 5.82 Å². The summed E-state index contributed by atoms with van der Waals surface area (Å²) in [6.45, 7) is 4.91. The van der Waals surface area contributed by atoms with Crippen LogP contribution < -0.4 is 10.2 Å². The van der Waals surface area contributed by atoms with E-state index in [0.717, 1.165) is 32.5 Å². The summed E-state index contributed by atoms with van der Waals surface area (Å²) in [6.07, 6.45) is 2.13. The molecule has 0 aromatic heterocycles. The maximum Gasteiger partial charge on any atom is 0.147 e. The molecule has 0 bridgehead atoms. The van der Waals surface area contributed by atoms with E-state index in [2.05, 4.69) is 17.1 Å². The average molecular weight is 257 g/mol. The summed E-state index contributed by atoms with van der Waals surface area (Å²) in [5.41, 5.74) is 0.671. The zero-order valence-corrected chi connectivity index (χ0v) is 10.8. The third-order valence-corrected chi connectivity index (χ3v) is 3.47. The molecular weight excluding hydrogens is 239 g/mol. The highest BCUT2D eigenvalue weighted by Crippen LogP contribution is 2.25. The largest absolute Gasteiger partial charge is 0.369 e. The average Bonchev–Trinajstić information content (AvgIpc) is 2.31. The molecule has 94 valence electrons. The number of benzene rings is 1. The maximum absolute atomic E-state index is 13.7. The Labute approximate surface area is 107 Å². The van der Waals surface area contributed by atoms with Crippen molar-refractivity contribution in [2.24, 2.45) is 0 Å². The summed E-state index contributed by atoms with van der Waals surface area (Å²) >= 11 is 5.75. The van der Waals surface area contributed by atoms with Gasteiger partial charge in [0.25, 0.3) is 0 Å². The second-order valence-electron chi connectivity index (χ2n) is 4.41. The van der Waals surface area contributed by atoms with Crippen molar-refractivity contribution in [3.05, 3.63) is 29.0 Å². The van der Waals surface area contributed by atoms with Gasteiger partial charge in [-0.1, -0.05) is 18.5 Å². The minimum absolute atomic E-state index is 0.223. The Morgan fingerprint density at radius 2 is 2.12 bits per heavy atom. The molecule has 0 aliphatic carbocycles. The number of rotatable bonds is 3. The molecule has 1 aliphatic rings. The zero-order chi connectivity index (χ0) is 12.3. The van der Waals surface area contributed by atoms with E-state index < -0.39 is 0 Å². The van der Waals surface area contributed by atoms with E-state index in [1.807, 2.05) is 0 Å². The van der Waals surface area contributed by atoms with Gasteiger partial charge in [0.15, 0.2) is 0 Å². The Morgan fingerprint density at radius 1 is 1.41 bits per heavy atom. The molecule has 17 heavy (non-hydrogen) atoms. The van der Waals surface area contributed by atoms with Gasteiger partial charge in [-0.3, -0.25) is 0 Å². The third-order valence-electron chi connectivity index (χ3n) is 3.24. The lowest BCUT2D eigenvalue weighted by molar-refractivity contribution is 0.421. The molecule has 1 heterocycles. The van der Waals surface area contributed by atoms with Crippen molar-refractivity contribution in [3.63, 3.8) is 0 Å². The van der Waals surface area contributed by atoms with Crippen molar-refractivity contribution >= 4 is 17.3 Å². The normalized spacial score (nSPS) is 17.5. The molecular formula is C13H18ClFN2. The van der Waals surface area contributed by atoms with E-state index in [9.17, 15) is 4.39 Å². The fourth-order valence-corrected chi connectivity index (χ4v) is 2.51. The summed E-state index contributed by atoms with van der Waals surface area (Å²) in [5, 5.41) is 3.89. The van der Waals surface area contributed by atoms with Gasteiger partial charge >= 0.3 is 0 Å². The van der Waals surface area contributed by atoms with Crippen molar-refractivity contribution in [3.8, 4) is 0 Å². The fraction of sp³-hybridized carbons (Fsp3) is 0.538. The van der Waals surface area contributed by atoms with Crippen LogP contribution in [0.3, 0.4) is 0 Å². The summed E-state index contributed by atoms with van der Waals surface area (Å²) in [6, 6.07) is 5.47. The van der Waals surface area contributed by atoms with Gasteiger partial charge in [0.05, 0.1) is 5.69 Å². The van der Waals surface area contributed by atoms with Crippen LogP contribution in [0.2, 0.25) is 5.02 Å². The minimum Gasteiger partial charge on any atom is -0.369 e. The number of hydrogen-bond acceptors (Lipinski definition) is 2. The lowest BCUT2D eigenvalue weighted by atomic mass is 10.0. The SMILES string of the molecule is CCNC1CCN(c2ccc(Cl)cc2F)CC1. The van der Waals surface area contributed by atoms with Crippen LogP contribution in [0.25, 0.3) is 0 Å². The van der Waals surface area contributed by atoms with Crippen molar-refractivity contribution in [1.82, 2.24) is 5.32 Å². The van der Waals surface area contributed by atoms with E-state index in [1.54, 1.807) is 12.1 Å².